The van der Waals surface area contributed by atoms with Crippen LogP contribution in [0.3, 0.4) is 0 Å². The molecule has 0 saturated heterocycles. The van der Waals surface area contributed by atoms with Crippen LogP contribution in [0, 0.1) is 12.8 Å². The van der Waals surface area contributed by atoms with E-state index >= 15 is 0 Å². The monoisotopic (exact) mass is 307 g/mol. The van der Waals surface area contributed by atoms with Crippen LogP contribution in [0.2, 0.25) is 0 Å². The van der Waals surface area contributed by atoms with Gasteiger partial charge in [0, 0.05) is 4.90 Å². The molecule has 1 N–H and O–H groups in total. The van der Waals surface area contributed by atoms with E-state index in [0.717, 1.165) is 31.4 Å². The molecule has 2 atom stereocenters. The van der Waals surface area contributed by atoms with Crippen molar-refractivity contribution in [2.45, 2.75) is 43.0 Å². The van der Waals surface area contributed by atoms with Crippen molar-refractivity contribution in [3.05, 3.63) is 29.8 Å². The molecular weight excluding hydrogens is 282 g/mol. The van der Waals surface area contributed by atoms with Gasteiger partial charge in [-0.2, -0.15) is 0 Å². The van der Waals surface area contributed by atoms with Gasteiger partial charge in [0.1, 0.15) is 5.54 Å². The third-order valence-electron chi connectivity index (χ3n) is 4.54. The highest BCUT2D eigenvalue weighted by atomic mass is 32.2. The fourth-order valence-electron chi connectivity index (χ4n) is 3.37. The minimum absolute atomic E-state index is 0.104. The summed E-state index contributed by atoms with van der Waals surface area (Å²) in [6.07, 6.45) is 4.12. The maximum Gasteiger partial charge on any atom is 0.326 e. The number of esters is 1. The van der Waals surface area contributed by atoms with Crippen molar-refractivity contribution < 1.29 is 9.53 Å². The highest BCUT2D eigenvalue weighted by Gasteiger charge is 2.48. The summed E-state index contributed by atoms with van der Waals surface area (Å²) in [5.74, 6) is 1.30. The van der Waals surface area contributed by atoms with Crippen LogP contribution in [0.5, 0.6) is 0 Å². The second-order valence-corrected chi connectivity index (χ2v) is 6.92. The van der Waals surface area contributed by atoms with E-state index < -0.39 is 5.54 Å². The zero-order chi connectivity index (χ0) is 15.3. The van der Waals surface area contributed by atoms with E-state index in [1.54, 1.807) is 0 Å². The van der Waals surface area contributed by atoms with Crippen molar-refractivity contribution in [2.75, 3.05) is 19.9 Å². The van der Waals surface area contributed by atoms with E-state index in [1.165, 1.54) is 17.6 Å². The Bertz CT molecular complexity index is 491. The standard InChI is InChI=1S/C17H25NO2S/c1-13-6-4-8-15(12-13)21-11-9-14-7-5-10-17(14,18-2)16(19)20-3/h4,6,8,12,14,18H,5,7,9-11H2,1-3H3. The molecule has 0 amide bonds. The van der Waals surface area contributed by atoms with Crippen LogP contribution in [0.15, 0.2) is 29.2 Å². The normalized spacial score (nSPS) is 25.0. The fraction of sp³-hybridized carbons (Fsp3) is 0.588. The van der Waals surface area contributed by atoms with Crippen LogP contribution in [0.1, 0.15) is 31.2 Å². The summed E-state index contributed by atoms with van der Waals surface area (Å²) >= 11 is 1.87. The summed E-state index contributed by atoms with van der Waals surface area (Å²) < 4.78 is 5.03. The molecule has 4 heteroatoms. The molecule has 0 aromatic heterocycles. The summed E-state index contributed by atoms with van der Waals surface area (Å²) in [6.45, 7) is 2.12. The Kier molecular flexibility index (Phi) is 5.71. The summed E-state index contributed by atoms with van der Waals surface area (Å²) in [6, 6.07) is 8.58. The quantitative estimate of drug-likeness (QED) is 0.646. The summed E-state index contributed by atoms with van der Waals surface area (Å²) in [5.41, 5.74) is 0.821. The van der Waals surface area contributed by atoms with Gasteiger partial charge >= 0.3 is 5.97 Å². The largest absolute Gasteiger partial charge is 0.468 e. The smallest absolute Gasteiger partial charge is 0.326 e. The van der Waals surface area contributed by atoms with Crippen LogP contribution in [-0.4, -0.2) is 31.4 Å². The summed E-state index contributed by atoms with van der Waals surface area (Å²) in [7, 11) is 3.36. The number of hydrogen-bond acceptors (Lipinski definition) is 4. The number of ether oxygens (including phenoxy) is 1. The Balaban J connectivity index is 1.94. The van der Waals surface area contributed by atoms with Gasteiger partial charge in [-0.25, -0.2) is 0 Å². The Labute approximate surface area is 131 Å². The summed E-state index contributed by atoms with van der Waals surface area (Å²) in [4.78, 5) is 13.5. The van der Waals surface area contributed by atoms with Gasteiger partial charge < -0.3 is 10.1 Å². The number of thioether (sulfide) groups is 1. The number of aryl methyl sites for hydroxylation is 1. The van der Waals surface area contributed by atoms with Crippen molar-refractivity contribution in [1.29, 1.82) is 0 Å². The molecule has 1 aliphatic carbocycles. The topological polar surface area (TPSA) is 38.3 Å². The first-order chi connectivity index (χ1) is 10.1. The Hall–Kier alpha value is -1.00. The van der Waals surface area contributed by atoms with Gasteiger partial charge in [-0.15, -0.1) is 11.8 Å². The van der Waals surface area contributed by atoms with Gasteiger partial charge in [0.15, 0.2) is 0 Å². The molecule has 1 aliphatic rings. The third kappa shape index (κ3) is 3.61. The van der Waals surface area contributed by atoms with Gasteiger partial charge in [0.05, 0.1) is 7.11 Å². The van der Waals surface area contributed by atoms with Crippen molar-refractivity contribution in [3.63, 3.8) is 0 Å². The third-order valence-corrected chi connectivity index (χ3v) is 5.57. The number of benzene rings is 1. The molecule has 1 aromatic rings. The molecular formula is C17H25NO2S. The maximum absolute atomic E-state index is 12.2. The molecule has 0 radical (unpaired) electrons. The van der Waals surface area contributed by atoms with E-state index in [1.807, 2.05) is 18.8 Å². The lowest BCUT2D eigenvalue weighted by Gasteiger charge is -2.32. The van der Waals surface area contributed by atoms with E-state index in [-0.39, 0.29) is 5.97 Å². The first-order valence-electron chi connectivity index (χ1n) is 7.59. The fourth-order valence-corrected chi connectivity index (χ4v) is 4.46. The van der Waals surface area contributed by atoms with Crippen molar-refractivity contribution in [3.8, 4) is 0 Å². The van der Waals surface area contributed by atoms with Crippen LogP contribution in [0.4, 0.5) is 0 Å². The zero-order valence-electron chi connectivity index (χ0n) is 13.1. The number of carbonyl (C=O) groups is 1. The first-order valence-corrected chi connectivity index (χ1v) is 8.57. The molecule has 0 aliphatic heterocycles. The minimum Gasteiger partial charge on any atom is -0.468 e. The van der Waals surface area contributed by atoms with Gasteiger partial charge in [0.2, 0.25) is 0 Å². The SMILES string of the molecule is CNC1(C(=O)OC)CCCC1CCSc1cccc(C)c1. The number of likely N-dealkylation sites (N-methyl/N-ethyl adjacent to an activating group) is 1. The predicted octanol–water partition coefficient (Wildman–Crippen LogP) is 3.41. The number of nitrogens with one attached hydrogen (secondary N) is 1. The van der Waals surface area contributed by atoms with Gasteiger partial charge in [-0.3, -0.25) is 4.79 Å². The van der Waals surface area contributed by atoms with E-state index in [9.17, 15) is 4.79 Å². The Morgan fingerprint density at radius 2 is 2.33 bits per heavy atom. The molecule has 2 unspecified atom stereocenters. The second-order valence-electron chi connectivity index (χ2n) is 5.76. The second kappa shape index (κ2) is 7.32. The van der Waals surface area contributed by atoms with Crippen LogP contribution in [-0.2, 0) is 9.53 Å². The lowest BCUT2D eigenvalue weighted by molar-refractivity contribution is -0.150. The lowest BCUT2D eigenvalue weighted by Crippen LogP contribution is -2.53. The Morgan fingerprint density at radius 1 is 1.52 bits per heavy atom. The van der Waals surface area contributed by atoms with E-state index in [0.29, 0.717) is 5.92 Å². The lowest BCUT2D eigenvalue weighted by atomic mass is 9.85. The molecule has 0 heterocycles. The van der Waals surface area contributed by atoms with Crippen LogP contribution >= 0.6 is 11.8 Å². The van der Waals surface area contributed by atoms with Crippen LogP contribution < -0.4 is 5.32 Å². The van der Waals surface area contributed by atoms with E-state index in [4.69, 9.17) is 4.74 Å². The first kappa shape index (κ1) is 16.4. The zero-order valence-corrected chi connectivity index (χ0v) is 14.0. The van der Waals surface area contributed by atoms with Crippen LogP contribution in [0.25, 0.3) is 0 Å². The predicted molar refractivity (Wildman–Crippen MR) is 87.7 cm³/mol. The number of hydrogen-bond donors (Lipinski definition) is 1. The van der Waals surface area contributed by atoms with Crippen molar-refractivity contribution >= 4 is 17.7 Å². The molecule has 21 heavy (non-hydrogen) atoms. The summed E-state index contributed by atoms with van der Waals surface area (Å²) in [5, 5.41) is 3.25. The average Bonchev–Trinajstić information content (AvgIpc) is 2.90. The molecule has 0 bridgehead atoms. The molecule has 1 fully saturated rings. The molecule has 1 aromatic carbocycles. The highest BCUT2D eigenvalue weighted by molar-refractivity contribution is 7.99. The molecule has 3 nitrogen and oxygen atoms in total. The molecule has 116 valence electrons. The van der Waals surface area contributed by atoms with Gasteiger partial charge in [-0.05, 0) is 57.0 Å². The number of rotatable bonds is 6. The maximum atomic E-state index is 12.2. The van der Waals surface area contributed by atoms with Crippen molar-refractivity contribution in [2.24, 2.45) is 5.92 Å². The van der Waals surface area contributed by atoms with Gasteiger partial charge in [0.25, 0.3) is 0 Å². The Morgan fingerprint density at radius 3 is 3.00 bits per heavy atom. The highest BCUT2D eigenvalue weighted by Crippen LogP contribution is 2.39. The number of methoxy groups -OCH3 is 1. The number of carbonyl (C=O) groups excluding carboxylic acids is 1. The molecule has 2 rings (SSSR count). The average molecular weight is 307 g/mol. The van der Waals surface area contributed by atoms with Crippen molar-refractivity contribution in [1.82, 2.24) is 5.32 Å². The van der Waals surface area contributed by atoms with Gasteiger partial charge in [-0.1, -0.05) is 24.1 Å². The molecule has 0 spiro atoms. The van der Waals surface area contributed by atoms with E-state index in [2.05, 4.69) is 36.5 Å². The minimum atomic E-state index is -0.470. The molecule has 1 saturated carbocycles.